The van der Waals surface area contributed by atoms with Crippen LogP contribution in [0, 0.1) is 13.8 Å². The van der Waals surface area contributed by atoms with Crippen LogP contribution in [0.2, 0.25) is 0 Å². The average Bonchev–Trinajstić information content (AvgIpc) is 3.01. The summed E-state index contributed by atoms with van der Waals surface area (Å²) in [7, 11) is 0. The van der Waals surface area contributed by atoms with Gasteiger partial charge in [0.1, 0.15) is 5.54 Å². The van der Waals surface area contributed by atoms with E-state index in [0.717, 1.165) is 27.6 Å². The number of urea groups is 1. The number of carbonyl (C=O) groups excluding carboxylic acids is 2. The highest BCUT2D eigenvalue weighted by Gasteiger charge is 2.46. The number of nitrogens with zero attached hydrogens (tertiary/aromatic N) is 4. The molecule has 1 aromatic heterocycles. The summed E-state index contributed by atoms with van der Waals surface area (Å²) < 4.78 is 1.82. The quantitative estimate of drug-likeness (QED) is 0.687. The van der Waals surface area contributed by atoms with Gasteiger partial charge < -0.3 is 5.32 Å². The van der Waals surface area contributed by atoms with E-state index < -0.39 is 11.6 Å². The Morgan fingerprint density at radius 2 is 1.92 bits per heavy atom. The van der Waals surface area contributed by atoms with Gasteiger partial charge in [-0.2, -0.15) is 10.2 Å². The van der Waals surface area contributed by atoms with Gasteiger partial charge in [-0.05, 0) is 39.3 Å². The van der Waals surface area contributed by atoms with Crippen molar-refractivity contribution >= 4 is 18.2 Å². The number of aromatic nitrogens is 2. The molecule has 1 fully saturated rings. The average molecular weight is 339 g/mol. The van der Waals surface area contributed by atoms with Crippen LogP contribution in [-0.4, -0.2) is 38.5 Å². The van der Waals surface area contributed by atoms with E-state index in [1.807, 2.05) is 55.8 Å². The summed E-state index contributed by atoms with van der Waals surface area (Å²) >= 11 is 0. The van der Waals surface area contributed by atoms with E-state index in [9.17, 15) is 9.59 Å². The Kier molecular flexibility index (Phi) is 4.16. The minimum atomic E-state index is -0.896. The van der Waals surface area contributed by atoms with Crippen molar-refractivity contribution in [3.05, 3.63) is 47.3 Å². The van der Waals surface area contributed by atoms with Crippen LogP contribution in [0.5, 0.6) is 0 Å². The lowest BCUT2D eigenvalue weighted by Crippen LogP contribution is -2.42. The Hall–Kier alpha value is -2.96. The van der Waals surface area contributed by atoms with Crippen molar-refractivity contribution in [1.29, 1.82) is 0 Å². The number of hydrogen-bond donors (Lipinski definition) is 1. The van der Waals surface area contributed by atoms with Gasteiger partial charge in [-0.25, -0.2) is 9.48 Å². The van der Waals surface area contributed by atoms with E-state index in [-0.39, 0.29) is 5.91 Å². The van der Waals surface area contributed by atoms with E-state index in [0.29, 0.717) is 6.42 Å². The first-order valence-corrected chi connectivity index (χ1v) is 8.19. The highest BCUT2D eigenvalue weighted by molar-refractivity contribution is 6.07. The first-order chi connectivity index (χ1) is 11.9. The molecular formula is C18H21N5O2. The number of para-hydroxylation sites is 1. The van der Waals surface area contributed by atoms with E-state index in [2.05, 4.69) is 15.5 Å². The summed E-state index contributed by atoms with van der Waals surface area (Å²) in [5, 5.41) is 12.2. The third kappa shape index (κ3) is 2.82. The molecule has 1 aliphatic heterocycles. The minimum Gasteiger partial charge on any atom is -0.322 e. The molecule has 2 heterocycles. The molecule has 1 saturated heterocycles. The van der Waals surface area contributed by atoms with Crippen molar-refractivity contribution in [2.24, 2.45) is 5.10 Å². The van der Waals surface area contributed by atoms with Crippen LogP contribution in [-0.2, 0) is 4.79 Å². The molecule has 0 aliphatic carbocycles. The van der Waals surface area contributed by atoms with E-state index >= 15 is 0 Å². The fourth-order valence-corrected chi connectivity index (χ4v) is 2.79. The summed E-state index contributed by atoms with van der Waals surface area (Å²) in [5.74, 6) is -0.345. The molecule has 0 radical (unpaired) electrons. The molecule has 7 heteroatoms. The van der Waals surface area contributed by atoms with Gasteiger partial charge in [0.2, 0.25) is 0 Å². The molecule has 130 valence electrons. The third-order valence-electron chi connectivity index (χ3n) is 4.60. The molecule has 1 aliphatic rings. The summed E-state index contributed by atoms with van der Waals surface area (Å²) in [6.45, 7) is 7.35. The van der Waals surface area contributed by atoms with Crippen molar-refractivity contribution in [2.45, 2.75) is 39.7 Å². The second-order valence-corrected chi connectivity index (χ2v) is 6.31. The number of rotatable bonds is 4. The predicted octanol–water partition coefficient (Wildman–Crippen LogP) is 2.54. The van der Waals surface area contributed by atoms with Gasteiger partial charge in [-0.3, -0.25) is 4.79 Å². The number of carbonyl (C=O) groups is 2. The van der Waals surface area contributed by atoms with Crippen LogP contribution in [0.25, 0.3) is 5.69 Å². The number of imide groups is 1. The molecule has 7 nitrogen and oxygen atoms in total. The van der Waals surface area contributed by atoms with Gasteiger partial charge in [0, 0.05) is 5.56 Å². The fourth-order valence-electron chi connectivity index (χ4n) is 2.79. The molecule has 0 spiro atoms. The molecular weight excluding hydrogens is 318 g/mol. The molecule has 3 amide bonds. The number of nitrogens with one attached hydrogen (secondary N) is 1. The normalized spacial score (nSPS) is 20.6. The molecule has 1 unspecified atom stereocenters. The summed E-state index contributed by atoms with van der Waals surface area (Å²) in [4.78, 5) is 24.4. The monoisotopic (exact) mass is 339 g/mol. The van der Waals surface area contributed by atoms with Crippen molar-refractivity contribution in [3.63, 3.8) is 0 Å². The summed E-state index contributed by atoms with van der Waals surface area (Å²) in [6.07, 6.45) is 2.03. The van der Waals surface area contributed by atoms with Crippen molar-refractivity contribution < 1.29 is 9.59 Å². The Balaban J connectivity index is 1.92. The second kappa shape index (κ2) is 6.16. The molecule has 2 aromatic rings. The molecule has 3 rings (SSSR count). The lowest BCUT2D eigenvalue weighted by Gasteiger charge is -2.17. The number of aryl methyl sites for hydroxylation is 1. The van der Waals surface area contributed by atoms with Crippen LogP contribution in [0.1, 0.15) is 37.2 Å². The Bertz CT molecular complexity index is 856. The van der Waals surface area contributed by atoms with Gasteiger partial charge in [-0.1, -0.05) is 25.1 Å². The minimum absolute atomic E-state index is 0.345. The largest absolute Gasteiger partial charge is 0.346 e. The van der Waals surface area contributed by atoms with Gasteiger partial charge in [0.05, 0.1) is 23.3 Å². The highest BCUT2D eigenvalue weighted by atomic mass is 16.2. The van der Waals surface area contributed by atoms with Gasteiger partial charge in [-0.15, -0.1) is 5.01 Å². The third-order valence-corrected chi connectivity index (χ3v) is 4.60. The van der Waals surface area contributed by atoms with Gasteiger partial charge in [0.25, 0.3) is 5.91 Å². The fraction of sp³-hybridized carbons (Fsp3) is 0.333. The first kappa shape index (κ1) is 16.9. The van der Waals surface area contributed by atoms with Crippen molar-refractivity contribution in [2.75, 3.05) is 0 Å². The Morgan fingerprint density at radius 3 is 2.52 bits per heavy atom. The maximum absolute atomic E-state index is 12.4. The molecule has 25 heavy (non-hydrogen) atoms. The molecule has 0 saturated carbocycles. The van der Waals surface area contributed by atoms with E-state index in [1.165, 1.54) is 6.21 Å². The van der Waals surface area contributed by atoms with Crippen molar-refractivity contribution in [1.82, 2.24) is 20.1 Å². The standard InChI is InChI=1S/C18H21N5O2/c1-5-18(4)16(24)23(17(25)20-18)19-11-15-12(2)21-22(13(15)3)14-9-7-6-8-10-14/h6-11H,5H2,1-4H3,(H,20,25). The number of hydrogen-bond acceptors (Lipinski definition) is 4. The van der Waals surface area contributed by atoms with Crippen LogP contribution in [0.15, 0.2) is 35.4 Å². The molecule has 1 N–H and O–H groups in total. The lowest BCUT2D eigenvalue weighted by atomic mass is 10.00. The topological polar surface area (TPSA) is 79.6 Å². The zero-order chi connectivity index (χ0) is 18.2. The highest BCUT2D eigenvalue weighted by Crippen LogP contribution is 2.22. The Labute approximate surface area is 146 Å². The summed E-state index contributed by atoms with van der Waals surface area (Å²) in [5.41, 5.74) is 2.49. The van der Waals surface area contributed by atoms with Crippen LogP contribution in [0.4, 0.5) is 4.79 Å². The zero-order valence-corrected chi connectivity index (χ0v) is 14.8. The smallest absolute Gasteiger partial charge is 0.322 e. The Morgan fingerprint density at radius 1 is 1.24 bits per heavy atom. The predicted molar refractivity (Wildman–Crippen MR) is 94.7 cm³/mol. The second-order valence-electron chi connectivity index (χ2n) is 6.31. The van der Waals surface area contributed by atoms with Crippen LogP contribution < -0.4 is 5.32 Å². The molecule has 1 aromatic carbocycles. The number of hydrazone groups is 1. The van der Waals surface area contributed by atoms with Gasteiger partial charge in [0.15, 0.2) is 0 Å². The number of amides is 3. The van der Waals surface area contributed by atoms with E-state index in [4.69, 9.17) is 0 Å². The maximum Gasteiger partial charge on any atom is 0.346 e. The SMILES string of the molecule is CCC1(C)NC(=O)N(N=Cc2c(C)nn(-c3ccccc3)c2C)C1=O. The van der Waals surface area contributed by atoms with Crippen LogP contribution >= 0.6 is 0 Å². The summed E-state index contributed by atoms with van der Waals surface area (Å²) in [6, 6.07) is 9.25. The maximum atomic E-state index is 12.4. The molecule has 1 atom stereocenters. The molecule has 0 bridgehead atoms. The number of benzene rings is 1. The first-order valence-electron chi connectivity index (χ1n) is 8.19. The zero-order valence-electron chi connectivity index (χ0n) is 14.8. The van der Waals surface area contributed by atoms with Crippen LogP contribution in [0.3, 0.4) is 0 Å². The van der Waals surface area contributed by atoms with E-state index in [1.54, 1.807) is 6.92 Å². The lowest BCUT2D eigenvalue weighted by molar-refractivity contribution is -0.130. The van der Waals surface area contributed by atoms with Crippen molar-refractivity contribution in [3.8, 4) is 5.69 Å². The van der Waals surface area contributed by atoms with Gasteiger partial charge >= 0.3 is 6.03 Å².